The lowest BCUT2D eigenvalue weighted by molar-refractivity contribution is 0.0525. The van der Waals surface area contributed by atoms with E-state index in [2.05, 4.69) is 36.1 Å². The molecule has 2 atom stereocenters. The van der Waals surface area contributed by atoms with E-state index >= 15 is 0 Å². The molecule has 0 saturated carbocycles. The maximum absolute atomic E-state index is 12.0. The van der Waals surface area contributed by atoms with Crippen LogP contribution in [0.4, 0.5) is 0 Å². The van der Waals surface area contributed by atoms with Gasteiger partial charge in [-0.1, -0.05) is 54.9 Å². The number of sulfone groups is 1. The van der Waals surface area contributed by atoms with Gasteiger partial charge in [-0.3, -0.25) is 4.90 Å². The molecule has 29 heavy (non-hydrogen) atoms. The maximum atomic E-state index is 12.0. The molecule has 0 amide bonds. The van der Waals surface area contributed by atoms with Gasteiger partial charge in [-0.15, -0.1) is 0 Å². The Balaban J connectivity index is 1.66. The molecule has 158 valence electrons. The Bertz CT molecular complexity index is 901. The summed E-state index contributed by atoms with van der Waals surface area (Å²) in [6.07, 6.45) is 0.806. The number of hydrogen-bond acceptors (Lipinski definition) is 5. The Morgan fingerprint density at radius 3 is 2.48 bits per heavy atom. The van der Waals surface area contributed by atoms with Crippen LogP contribution in [0, 0.1) is 0 Å². The highest BCUT2D eigenvalue weighted by Crippen LogP contribution is 2.24. The number of benzene rings is 2. The molecule has 0 spiro atoms. The predicted octanol–water partition coefficient (Wildman–Crippen LogP) is 3.33. The van der Waals surface area contributed by atoms with Crippen LogP contribution < -0.4 is 4.74 Å². The number of ether oxygens (including phenoxy) is 1. The van der Waals surface area contributed by atoms with Crippen molar-refractivity contribution < 1.29 is 18.3 Å². The first kappa shape index (κ1) is 22.1. The van der Waals surface area contributed by atoms with E-state index in [1.54, 1.807) is 12.1 Å². The molecule has 1 heterocycles. The third-order valence-electron chi connectivity index (χ3n) is 5.25. The summed E-state index contributed by atoms with van der Waals surface area (Å²) in [5.74, 6) is 0.867. The van der Waals surface area contributed by atoms with Crippen LogP contribution in [0.2, 0.25) is 5.02 Å². The lowest BCUT2D eigenvalue weighted by atomic mass is 10.1. The summed E-state index contributed by atoms with van der Waals surface area (Å²) in [7, 11) is -3.01. The predicted molar refractivity (Wildman–Crippen MR) is 116 cm³/mol. The van der Waals surface area contributed by atoms with Crippen LogP contribution in [0.15, 0.2) is 48.5 Å². The molecule has 0 aliphatic carbocycles. The quantitative estimate of drug-likeness (QED) is 0.651. The number of para-hydroxylation sites is 1. The van der Waals surface area contributed by atoms with Crippen LogP contribution in [0.3, 0.4) is 0 Å². The first-order valence-electron chi connectivity index (χ1n) is 9.94. The van der Waals surface area contributed by atoms with E-state index in [0.29, 0.717) is 30.3 Å². The second-order valence-electron chi connectivity index (χ2n) is 7.55. The fraction of sp³-hybridized carbons (Fsp3) is 0.455. The number of aliphatic hydroxyl groups excluding tert-OH is 1. The monoisotopic (exact) mass is 437 g/mol. The van der Waals surface area contributed by atoms with Crippen LogP contribution in [0.5, 0.6) is 5.75 Å². The van der Waals surface area contributed by atoms with Gasteiger partial charge in [0.1, 0.15) is 18.5 Å². The molecule has 2 aromatic rings. The molecule has 1 N–H and O–H groups in total. The summed E-state index contributed by atoms with van der Waals surface area (Å²) in [6.45, 7) is 3.13. The van der Waals surface area contributed by atoms with Crippen LogP contribution in [0.1, 0.15) is 24.5 Å². The summed E-state index contributed by atoms with van der Waals surface area (Å²) in [6, 6.07) is 15.4. The molecule has 1 aliphatic rings. The number of aliphatic hydroxyl groups is 1. The first-order valence-corrected chi connectivity index (χ1v) is 12.1. The van der Waals surface area contributed by atoms with Crippen LogP contribution in [0.25, 0.3) is 0 Å². The molecule has 0 bridgehead atoms. The number of nitrogens with zero attached hydrogens (tertiary/aromatic N) is 1. The fourth-order valence-corrected chi connectivity index (χ4v) is 5.54. The van der Waals surface area contributed by atoms with E-state index in [4.69, 9.17) is 16.3 Å². The van der Waals surface area contributed by atoms with Gasteiger partial charge in [0.25, 0.3) is 0 Å². The van der Waals surface area contributed by atoms with Crippen LogP contribution in [-0.2, 0) is 22.8 Å². The maximum Gasteiger partial charge on any atom is 0.151 e. The van der Waals surface area contributed by atoms with Crippen molar-refractivity contribution in [2.45, 2.75) is 38.5 Å². The standard InChI is InChI=1S/C22H28ClNO4S/c1-2-17-7-9-18(10-8-17)13-24(19-11-12-29(26,27)16-19)14-20(25)15-28-22-6-4-3-5-21(22)23/h3-10,19-20,25H,2,11-16H2,1H3. The molecule has 1 aliphatic heterocycles. The van der Waals surface area contributed by atoms with E-state index in [0.717, 1.165) is 12.0 Å². The normalized spacial score (nSPS) is 19.4. The number of halogens is 1. The van der Waals surface area contributed by atoms with E-state index in [1.807, 2.05) is 12.1 Å². The summed E-state index contributed by atoms with van der Waals surface area (Å²) in [4.78, 5) is 2.06. The highest BCUT2D eigenvalue weighted by atomic mass is 35.5. The lowest BCUT2D eigenvalue weighted by Gasteiger charge is -2.30. The van der Waals surface area contributed by atoms with Gasteiger partial charge in [-0.05, 0) is 36.1 Å². The SMILES string of the molecule is CCc1ccc(CN(CC(O)COc2ccccc2Cl)C2CCS(=O)(=O)C2)cc1. The van der Waals surface area contributed by atoms with Gasteiger partial charge < -0.3 is 9.84 Å². The van der Waals surface area contributed by atoms with Gasteiger partial charge in [-0.25, -0.2) is 8.42 Å². The summed E-state index contributed by atoms with van der Waals surface area (Å²) in [5, 5.41) is 11.1. The van der Waals surface area contributed by atoms with Crippen molar-refractivity contribution in [2.75, 3.05) is 24.7 Å². The highest BCUT2D eigenvalue weighted by Gasteiger charge is 2.33. The molecule has 0 radical (unpaired) electrons. The third-order valence-corrected chi connectivity index (χ3v) is 7.32. The molecule has 1 saturated heterocycles. The Labute approximate surface area is 178 Å². The zero-order valence-electron chi connectivity index (χ0n) is 16.6. The van der Waals surface area contributed by atoms with Gasteiger partial charge in [0.05, 0.1) is 16.5 Å². The van der Waals surface area contributed by atoms with Crippen molar-refractivity contribution >= 4 is 21.4 Å². The van der Waals surface area contributed by atoms with Crippen molar-refractivity contribution in [1.29, 1.82) is 0 Å². The second kappa shape index (κ2) is 9.94. The molecule has 0 aromatic heterocycles. The van der Waals surface area contributed by atoms with Gasteiger partial charge in [0, 0.05) is 19.1 Å². The summed E-state index contributed by atoms with van der Waals surface area (Å²) in [5.41, 5.74) is 2.36. The van der Waals surface area contributed by atoms with Crippen molar-refractivity contribution in [3.63, 3.8) is 0 Å². The summed E-state index contributed by atoms with van der Waals surface area (Å²) < 4.78 is 29.6. The minimum Gasteiger partial charge on any atom is -0.489 e. The zero-order valence-corrected chi connectivity index (χ0v) is 18.2. The first-order chi connectivity index (χ1) is 13.9. The van der Waals surface area contributed by atoms with Crippen molar-refractivity contribution in [1.82, 2.24) is 4.90 Å². The highest BCUT2D eigenvalue weighted by molar-refractivity contribution is 7.91. The van der Waals surface area contributed by atoms with Crippen molar-refractivity contribution in [3.8, 4) is 5.75 Å². The number of aryl methyl sites for hydroxylation is 1. The zero-order chi connectivity index (χ0) is 20.9. The van der Waals surface area contributed by atoms with Crippen molar-refractivity contribution in [3.05, 3.63) is 64.7 Å². The smallest absolute Gasteiger partial charge is 0.151 e. The van der Waals surface area contributed by atoms with E-state index < -0.39 is 15.9 Å². The lowest BCUT2D eigenvalue weighted by Crippen LogP contribution is -2.42. The number of hydrogen-bond donors (Lipinski definition) is 1. The Morgan fingerprint density at radius 2 is 1.86 bits per heavy atom. The van der Waals surface area contributed by atoms with Crippen molar-refractivity contribution in [2.24, 2.45) is 0 Å². The minimum atomic E-state index is -3.01. The Morgan fingerprint density at radius 1 is 1.17 bits per heavy atom. The average molecular weight is 438 g/mol. The largest absolute Gasteiger partial charge is 0.489 e. The molecular weight excluding hydrogens is 410 g/mol. The Hall–Kier alpha value is -1.60. The minimum absolute atomic E-state index is 0.0917. The van der Waals surface area contributed by atoms with Gasteiger partial charge in [0.15, 0.2) is 9.84 Å². The van der Waals surface area contributed by atoms with Gasteiger partial charge >= 0.3 is 0 Å². The average Bonchev–Trinajstić information content (AvgIpc) is 3.07. The summed E-state index contributed by atoms with van der Waals surface area (Å²) >= 11 is 6.10. The molecular formula is C22H28ClNO4S. The van der Waals surface area contributed by atoms with Crippen LogP contribution >= 0.6 is 11.6 Å². The molecule has 2 aromatic carbocycles. The van der Waals surface area contributed by atoms with E-state index in [-0.39, 0.29) is 24.2 Å². The number of rotatable bonds is 9. The molecule has 1 fully saturated rings. The molecule has 3 rings (SSSR count). The topological polar surface area (TPSA) is 66.8 Å². The van der Waals surface area contributed by atoms with E-state index in [9.17, 15) is 13.5 Å². The second-order valence-corrected chi connectivity index (χ2v) is 10.2. The van der Waals surface area contributed by atoms with Crippen LogP contribution in [-0.4, -0.2) is 55.2 Å². The Kier molecular flexibility index (Phi) is 7.57. The fourth-order valence-electron chi connectivity index (χ4n) is 3.59. The molecule has 2 unspecified atom stereocenters. The third kappa shape index (κ3) is 6.44. The van der Waals surface area contributed by atoms with Gasteiger partial charge in [0.2, 0.25) is 0 Å². The van der Waals surface area contributed by atoms with Gasteiger partial charge in [-0.2, -0.15) is 0 Å². The molecule has 7 heteroatoms. The van der Waals surface area contributed by atoms with E-state index in [1.165, 1.54) is 5.56 Å². The molecule has 5 nitrogen and oxygen atoms in total.